The van der Waals surface area contributed by atoms with E-state index >= 15 is 0 Å². The molecule has 0 fully saturated rings. The molecule has 0 radical (unpaired) electrons. The molecule has 1 atom stereocenters. The van der Waals surface area contributed by atoms with Crippen molar-refractivity contribution in [2.75, 3.05) is 13.4 Å². The molecule has 4 aromatic rings. The van der Waals surface area contributed by atoms with E-state index in [-0.39, 0.29) is 17.9 Å². The Morgan fingerprint density at radius 3 is 2.29 bits per heavy atom. The average Bonchev–Trinajstić information content (AvgIpc) is 3.32. The lowest BCUT2D eigenvalue weighted by Gasteiger charge is -2.18. The minimum absolute atomic E-state index is 0.0172. The summed E-state index contributed by atoms with van der Waals surface area (Å²) in [6.45, 7) is 0.958. The van der Waals surface area contributed by atoms with Crippen molar-refractivity contribution in [1.82, 2.24) is 9.71 Å². The highest BCUT2D eigenvalue weighted by molar-refractivity contribution is 7.89. The fourth-order valence-corrected chi connectivity index (χ4v) is 4.84. The summed E-state index contributed by atoms with van der Waals surface area (Å²) >= 11 is 0. The second-order valence-electron chi connectivity index (χ2n) is 8.03. The number of carbonyl (C=O) groups excluding carboxylic acids is 2. The van der Waals surface area contributed by atoms with E-state index in [0.29, 0.717) is 17.1 Å². The van der Waals surface area contributed by atoms with Gasteiger partial charge >= 0.3 is 12.1 Å². The molecular weight excluding hydrogens is 512 g/mol. The predicted octanol–water partition coefficient (Wildman–Crippen LogP) is 4.52. The molecule has 198 valence electrons. The summed E-state index contributed by atoms with van der Waals surface area (Å²) in [5, 5.41) is 0.828. The third kappa shape index (κ3) is 6.90. The smallest absolute Gasteiger partial charge is 0.457 e. The standard InChI is InChI=1S/C27H26N2O8S/c1-2-34-27(31)36-18-35-26(30)25(16-19-17-28-24-11-7-6-10-23(19)24)29-38(32,33)22-14-12-21(13-15-22)37-20-8-4-3-5-9-20/h3-15,17,25,28-29H,2,16,18H2,1H3. The van der Waals surface area contributed by atoms with E-state index in [1.807, 2.05) is 42.5 Å². The van der Waals surface area contributed by atoms with Gasteiger partial charge in [0.15, 0.2) is 0 Å². The average molecular weight is 539 g/mol. The number of sulfonamides is 1. The number of hydrogen-bond donors (Lipinski definition) is 2. The first-order chi connectivity index (χ1) is 18.4. The summed E-state index contributed by atoms with van der Waals surface area (Å²) in [4.78, 5) is 27.3. The van der Waals surface area contributed by atoms with E-state index in [1.54, 1.807) is 25.3 Å². The molecule has 4 rings (SSSR count). The zero-order valence-corrected chi connectivity index (χ0v) is 21.3. The molecule has 0 aliphatic carbocycles. The van der Waals surface area contributed by atoms with Crippen molar-refractivity contribution in [2.45, 2.75) is 24.3 Å². The first-order valence-electron chi connectivity index (χ1n) is 11.7. The highest BCUT2D eigenvalue weighted by Gasteiger charge is 2.28. The predicted molar refractivity (Wildman–Crippen MR) is 138 cm³/mol. The largest absolute Gasteiger partial charge is 0.511 e. The maximum atomic E-state index is 13.2. The number of H-pyrrole nitrogens is 1. The van der Waals surface area contributed by atoms with Crippen molar-refractivity contribution in [1.29, 1.82) is 0 Å². The molecule has 11 heteroatoms. The topological polar surface area (TPSA) is 133 Å². The minimum atomic E-state index is -4.15. The molecule has 0 amide bonds. The molecule has 1 heterocycles. The normalized spacial score (nSPS) is 12.0. The third-order valence-electron chi connectivity index (χ3n) is 5.43. The van der Waals surface area contributed by atoms with Crippen molar-refractivity contribution in [3.63, 3.8) is 0 Å². The van der Waals surface area contributed by atoms with Gasteiger partial charge in [0.1, 0.15) is 17.5 Å². The molecule has 0 saturated carbocycles. The van der Waals surface area contributed by atoms with Gasteiger partial charge in [0, 0.05) is 23.5 Å². The third-order valence-corrected chi connectivity index (χ3v) is 6.92. The number of rotatable bonds is 11. The van der Waals surface area contributed by atoms with Gasteiger partial charge in [-0.2, -0.15) is 4.72 Å². The monoisotopic (exact) mass is 538 g/mol. The Balaban J connectivity index is 1.51. The van der Waals surface area contributed by atoms with Gasteiger partial charge in [-0.15, -0.1) is 0 Å². The van der Waals surface area contributed by atoms with Crippen LogP contribution in [-0.4, -0.2) is 45.0 Å². The number of fused-ring (bicyclic) bond motifs is 1. The van der Waals surface area contributed by atoms with Gasteiger partial charge in [-0.3, -0.25) is 4.79 Å². The lowest BCUT2D eigenvalue weighted by molar-refractivity contribution is -0.155. The van der Waals surface area contributed by atoms with Crippen LogP contribution in [0.4, 0.5) is 4.79 Å². The van der Waals surface area contributed by atoms with Crippen LogP contribution in [0.1, 0.15) is 12.5 Å². The molecular formula is C27H26N2O8S. The molecule has 0 aliphatic heterocycles. The van der Waals surface area contributed by atoms with E-state index in [1.165, 1.54) is 24.3 Å². The van der Waals surface area contributed by atoms with Gasteiger partial charge in [0.2, 0.25) is 16.8 Å². The van der Waals surface area contributed by atoms with Crippen molar-refractivity contribution in [3.05, 3.63) is 90.6 Å². The Bertz CT molecular complexity index is 1480. The summed E-state index contributed by atoms with van der Waals surface area (Å²) in [6.07, 6.45) is 0.674. The highest BCUT2D eigenvalue weighted by atomic mass is 32.2. The van der Waals surface area contributed by atoms with Crippen LogP contribution >= 0.6 is 0 Å². The Hall–Kier alpha value is -4.35. The Morgan fingerprint density at radius 2 is 1.55 bits per heavy atom. The lowest BCUT2D eigenvalue weighted by Crippen LogP contribution is -2.43. The van der Waals surface area contributed by atoms with Crippen molar-refractivity contribution in [2.24, 2.45) is 0 Å². The van der Waals surface area contributed by atoms with E-state index in [4.69, 9.17) is 9.47 Å². The fourth-order valence-electron chi connectivity index (χ4n) is 3.66. The van der Waals surface area contributed by atoms with Gasteiger partial charge in [-0.05, 0) is 55.0 Å². The van der Waals surface area contributed by atoms with Crippen LogP contribution in [0.15, 0.2) is 90.0 Å². The molecule has 3 aromatic carbocycles. The number of nitrogens with one attached hydrogen (secondary N) is 2. The fraction of sp³-hybridized carbons (Fsp3) is 0.185. The molecule has 0 aliphatic rings. The number of aromatic nitrogens is 1. The molecule has 10 nitrogen and oxygen atoms in total. The van der Waals surface area contributed by atoms with Gasteiger partial charge in [-0.25, -0.2) is 13.2 Å². The number of aromatic amines is 1. The number of esters is 1. The lowest BCUT2D eigenvalue weighted by atomic mass is 10.1. The summed E-state index contributed by atoms with van der Waals surface area (Å²) in [6, 6.07) is 20.9. The van der Waals surface area contributed by atoms with Crippen LogP contribution < -0.4 is 9.46 Å². The van der Waals surface area contributed by atoms with Crippen molar-refractivity contribution in [3.8, 4) is 11.5 Å². The second-order valence-corrected chi connectivity index (χ2v) is 9.75. The van der Waals surface area contributed by atoms with Crippen LogP contribution in [0, 0.1) is 0 Å². The van der Waals surface area contributed by atoms with Crippen molar-refractivity contribution >= 4 is 33.1 Å². The van der Waals surface area contributed by atoms with Gasteiger partial charge < -0.3 is 23.9 Å². The Kier molecular flexibility index (Phi) is 8.62. The summed E-state index contributed by atoms with van der Waals surface area (Å²) in [7, 11) is -4.15. The molecule has 38 heavy (non-hydrogen) atoms. The van der Waals surface area contributed by atoms with E-state index in [2.05, 4.69) is 19.2 Å². The number of para-hydroxylation sites is 2. The maximum Gasteiger partial charge on any atom is 0.511 e. The molecule has 0 saturated heterocycles. The van der Waals surface area contributed by atoms with E-state index in [9.17, 15) is 18.0 Å². The summed E-state index contributed by atoms with van der Waals surface area (Å²) < 4.78 is 48.9. The maximum absolute atomic E-state index is 13.2. The van der Waals surface area contributed by atoms with Gasteiger partial charge in [-0.1, -0.05) is 36.4 Å². The zero-order chi connectivity index (χ0) is 27.0. The molecule has 0 spiro atoms. The first kappa shape index (κ1) is 26.7. The quantitative estimate of drug-likeness (QED) is 0.210. The van der Waals surface area contributed by atoms with Crippen molar-refractivity contribution < 1.29 is 37.0 Å². The van der Waals surface area contributed by atoms with E-state index in [0.717, 1.165) is 10.9 Å². The van der Waals surface area contributed by atoms with E-state index < -0.39 is 35.0 Å². The molecule has 1 aromatic heterocycles. The Labute approximate surface area is 219 Å². The highest BCUT2D eigenvalue weighted by Crippen LogP contribution is 2.24. The van der Waals surface area contributed by atoms with Crippen LogP contribution in [0.5, 0.6) is 11.5 Å². The molecule has 2 N–H and O–H groups in total. The SMILES string of the molecule is CCOC(=O)OCOC(=O)C(Cc1c[nH]c2ccccc12)NS(=O)(=O)c1ccc(Oc2ccccc2)cc1. The van der Waals surface area contributed by atoms with Gasteiger partial charge in [0.25, 0.3) is 0 Å². The zero-order valence-electron chi connectivity index (χ0n) is 20.5. The number of ether oxygens (including phenoxy) is 4. The molecule has 0 bridgehead atoms. The summed E-state index contributed by atoms with van der Waals surface area (Å²) in [5.74, 6) is 0.126. The minimum Gasteiger partial charge on any atom is -0.457 e. The number of carbonyl (C=O) groups is 2. The molecule has 1 unspecified atom stereocenters. The number of hydrogen-bond acceptors (Lipinski definition) is 8. The van der Waals surface area contributed by atoms with Crippen LogP contribution in [0.25, 0.3) is 10.9 Å². The Morgan fingerprint density at radius 1 is 0.868 bits per heavy atom. The van der Waals surface area contributed by atoms with Crippen LogP contribution in [-0.2, 0) is 35.4 Å². The first-order valence-corrected chi connectivity index (χ1v) is 13.2. The van der Waals surface area contributed by atoms with Crippen LogP contribution in [0.2, 0.25) is 0 Å². The number of benzene rings is 3. The summed E-state index contributed by atoms with van der Waals surface area (Å²) in [5.41, 5.74) is 1.53. The second kappa shape index (κ2) is 12.3. The van der Waals surface area contributed by atoms with Gasteiger partial charge in [0.05, 0.1) is 11.5 Å². The van der Waals surface area contributed by atoms with Crippen LogP contribution in [0.3, 0.4) is 0 Å².